The molecule has 1 heterocycles. The first-order chi connectivity index (χ1) is 10.9. The second-order valence-corrected chi connectivity index (χ2v) is 6.03. The third kappa shape index (κ3) is 6.75. The Bertz CT molecular complexity index is 396. The maximum Gasteiger partial charge on any atom is 0.0346 e. The summed E-state index contributed by atoms with van der Waals surface area (Å²) < 4.78 is 0. The summed E-state index contributed by atoms with van der Waals surface area (Å²) in [5, 5.41) is 14.1. The summed E-state index contributed by atoms with van der Waals surface area (Å²) in [4.78, 5) is 0. The molecule has 0 aromatic heterocycles. The number of nitrogens with two attached hydrogens (primary N) is 1. The fourth-order valence-corrected chi connectivity index (χ4v) is 2.80. The zero-order chi connectivity index (χ0) is 15.5. The minimum absolute atomic E-state index is 0.563. The van der Waals surface area contributed by atoms with Gasteiger partial charge in [0, 0.05) is 31.9 Å². The summed E-state index contributed by atoms with van der Waals surface area (Å²) in [6, 6.07) is 8.21. The van der Waals surface area contributed by atoms with Crippen molar-refractivity contribution in [2.75, 3.05) is 58.1 Å². The predicted molar refractivity (Wildman–Crippen MR) is 94.1 cm³/mol. The molecule has 0 amide bonds. The molecule has 0 spiro atoms. The Morgan fingerprint density at radius 2 is 1.41 bits per heavy atom. The van der Waals surface area contributed by atoms with Crippen LogP contribution < -0.4 is 27.0 Å². The second-order valence-electron chi connectivity index (χ2n) is 6.03. The Labute approximate surface area is 134 Å². The van der Waals surface area contributed by atoms with Crippen molar-refractivity contribution in [2.45, 2.75) is 12.8 Å². The Kier molecular flexibility index (Phi) is 8.27. The van der Waals surface area contributed by atoms with E-state index in [4.69, 9.17) is 5.73 Å². The van der Waals surface area contributed by atoms with Gasteiger partial charge in [-0.15, -0.1) is 0 Å². The summed E-state index contributed by atoms with van der Waals surface area (Å²) in [5.74, 6) is 0.563. The minimum atomic E-state index is 0.563. The van der Waals surface area contributed by atoms with Crippen molar-refractivity contribution in [3.05, 3.63) is 29.8 Å². The van der Waals surface area contributed by atoms with Gasteiger partial charge in [0.25, 0.3) is 0 Å². The first-order valence-electron chi connectivity index (χ1n) is 8.52. The summed E-state index contributed by atoms with van der Waals surface area (Å²) in [7, 11) is 0. The van der Waals surface area contributed by atoms with E-state index in [0.29, 0.717) is 5.92 Å². The molecule has 0 unspecified atom stereocenters. The number of hydrogen-bond acceptors (Lipinski definition) is 5. The SMILES string of the molecule is Nc1ccccc1CC1CNCCNCCCNCCNC1. The van der Waals surface area contributed by atoms with Gasteiger partial charge >= 0.3 is 0 Å². The Morgan fingerprint density at radius 1 is 0.818 bits per heavy atom. The molecule has 5 heteroatoms. The van der Waals surface area contributed by atoms with Crippen LogP contribution in [0.15, 0.2) is 24.3 Å². The molecule has 1 aliphatic heterocycles. The topological polar surface area (TPSA) is 74.1 Å². The lowest BCUT2D eigenvalue weighted by molar-refractivity contribution is 0.430. The van der Waals surface area contributed by atoms with Crippen molar-refractivity contribution in [1.82, 2.24) is 21.3 Å². The van der Waals surface area contributed by atoms with E-state index in [0.717, 1.165) is 64.5 Å². The highest BCUT2D eigenvalue weighted by Crippen LogP contribution is 2.15. The molecule has 1 aromatic carbocycles. The van der Waals surface area contributed by atoms with Gasteiger partial charge in [0.2, 0.25) is 0 Å². The highest BCUT2D eigenvalue weighted by atomic mass is 15.0. The number of benzene rings is 1. The van der Waals surface area contributed by atoms with Gasteiger partial charge in [-0.05, 0) is 56.6 Å². The van der Waals surface area contributed by atoms with E-state index in [1.54, 1.807) is 0 Å². The van der Waals surface area contributed by atoms with Crippen LogP contribution in [0.3, 0.4) is 0 Å². The molecule has 22 heavy (non-hydrogen) atoms. The zero-order valence-corrected chi connectivity index (χ0v) is 13.5. The van der Waals surface area contributed by atoms with E-state index in [1.165, 1.54) is 12.0 Å². The van der Waals surface area contributed by atoms with Crippen molar-refractivity contribution in [2.24, 2.45) is 5.92 Å². The quantitative estimate of drug-likeness (QED) is 0.505. The van der Waals surface area contributed by atoms with Gasteiger partial charge in [-0.25, -0.2) is 0 Å². The van der Waals surface area contributed by atoms with Crippen LogP contribution in [0.25, 0.3) is 0 Å². The maximum absolute atomic E-state index is 6.09. The van der Waals surface area contributed by atoms with Gasteiger partial charge in [0.15, 0.2) is 0 Å². The number of hydrogen-bond donors (Lipinski definition) is 5. The Hall–Kier alpha value is -1.14. The fourth-order valence-electron chi connectivity index (χ4n) is 2.80. The predicted octanol–water partition coefficient (Wildman–Crippen LogP) is 0.190. The molecule has 0 radical (unpaired) electrons. The van der Waals surface area contributed by atoms with E-state index in [-0.39, 0.29) is 0 Å². The van der Waals surface area contributed by atoms with E-state index in [9.17, 15) is 0 Å². The molecule has 1 saturated heterocycles. The fraction of sp³-hybridized carbons (Fsp3) is 0.647. The number of anilines is 1. The second kappa shape index (κ2) is 10.6. The van der Waals surface area contributed by atoms with E-state index in [1.807, 2.05) is 12.1 Å². The lowest BCUT2D eigenvalue weighted by Crippen LogP contribution is -2.39. The highest BCUT2D eigenvalue weighted by Gasteiger charge is 2.11. The van der Waals surface area contributed by atoms with Gasteiger partial charge < -0.3 is 27.0 Å². The van der Waals surface area contributed by atoms with E-state index in [2.05, 4.69) is 33.4 Å². The molecule has 6 N–H and O–H groups in total. The molecule has 5 nitrogen and oxygen atoms in total. The monoisotopic (exact) mass is 305 g/mol. The third-order valence-corrected chi connectivity index (χ3v) is 4.09. The summed E-state index contributed by atoms with van der Waals surface area (Å²) in [6.07, 6.45) is 2.21. The summed E-state index contributed by atoms with van der Waals surface area (Å²) in [5.41, 5.74) is 8.25. The minimum Gasteiger partial charge on any atom is -0.399 e. The molecule has 1 aliphatic rings. The van der Waals surface area contributed by atoms with Crippen LogP contribution in [0.2, 0.25) is 0 Å². The van der Waals surface area contributed by atoms with Crippen LogP contribution in [0, 0.1) is 5.92 Å². The van der Waals surface area contributed by atoms with Crippen LogP contribution in [0.1, 0.15) is 12.0 Å². The number of nitrogen functional groups attached to an aromatic ring is 1. The molecular formula is C17H31N5. The Balaban J connectivity index is 1.84. The molecule has 0 atom stereocenters. The molecule has 0 aliphatic carbocycles. The lowest BCUT2D eigenvalue weighted by Gasteiger charge is -2.20. The van der Waals surface area contributed by atoms with Crippen molar-refractivity contribution in [3.63, 3.8) is 0 Å². The summed E-state index contributed by atoms with van der Waals surface area (Å²) in [6.45, 7) is 8.34. The van der Waals surface area contributed by atoms with Crippen LogP contribution in [-0.4, -0.2) is 52.4 Å². The smallest absolute Gasteiger partial charge is 0.0346 e. The molecule has 2 rings (SSSR count). The standard InChI is InChI=1S/C17H31N5/c18-17-5-2-1-4-16(17)12-15-13-21-10-8-19-6-3-7-20-9-11-22-14-15/h1-2,4-5,15,19-22H,3,6-14,18H2. The molecule has 0 bridgehead atoms. The molecule has 0 saturated carbocycles. The van der Waals surface area contributed by atoms with Crippen molar-refractivity contribution >= 4 is 5.69 Å². The van der Waals surface area contributed by atoms with E-state index < -0.39 is 0 Å². The normalized spacial score (nSPS) is 20.4. The maximum atomic E-state index is 6.09. The van der Waals surface area contributed by atoms with Gasteiger partial charge in [-0.1, -0.05) is 18.2 Å². The third-order valence-electron chi connectivity index (χ3n) is 4.09. The molecule has 124 valence electrons. The van der Waals surface area contributed by atoms with Crippen LogP contribution in [0.5, 0.6) is 0 Å². The summed E-state index contributed by atoms with van der Waals surface area (Å²) >= 11 is 0. The highest BCUT2D eigenvalue weighted by molar-refractivity contribution is 5.46. The average Bonchev–Trinajstić information content (AvgIpc) is 2.53. The van der Waals surface area contributed by atoms with Gasteiger partial charge in [0.05, 0.1) is 0 Å². The van der Waals surface area contributed by atoms with Crippen molar-refractivity contribution in [1.29, 1.82) is 0 Å². The first-order valence-corrected chi connectivity index (χ1v) is 8.52. The Morgan fingerprint density at radius 3 is 2.05 bits per heavy atom. The molecular weight excluding hydrogens is 274 g/mol. The molecule has 1 fully saturated rings. The molecule has 1 aromatic rings. The van der Waals surface area contributed by atoms with Gasteiger partial charge in [0.1, 0.15) is 0 Å². The van der Waals surface area contributed by atoms with Crippen LogP contribution in [-0.2, 0) is 6.42 Å². The van der Waals surface area contributed by atoms with E-state index >= 15 is 0 Å². The number of rotatable bonds is 2. The van der Waals surface area contributed by atoms with Crippen LogP contribution >= 0.6 is 0 Å². The largest absolute Gasteiger partial charge is 0.399 e. The van der Waals surface area contributed by atoms with Crippen LogP contribution in [0.4, 0.5) is 5.69 Å². The van der Waals surface area contributed by atoms with Gasteiger partial charge in [-0.2, -0.15) is 0 Å². The zero-order valence-electron chi connectivity index (χ0n) is 13.5. The van der Waals surface area contributed by atoms with Crippen molar-refractivity contribution < 1.29 is 0 Å². The van der Waals surface area contributed by atoms with Crippen molar-refractivity contribution in [3.8, 4) is 0 Å². The number of nitrogens with one attached hydrogen (secondary N) is 4. The number of para-hydroxylation sites is 1. The first kappa shape index (κ1) is 17.2. The van der Waals surface area contributed by atoms with Gasteiger partial charge in [-0.3, -0.25) is 0 Å². The lowest BCUT2D eigenvalue weighted by atomic mass is 9.97. The average molecular weight is 305 g/mol.